The number of pyridine rings is 1. The van der Waals surface area contributed by atoms with Crippen molar-refractivity contribution in [2.45, 2.75) is 6.61 Å². The second-order valence-corrected chi connectivity index (χ2v) is 6.55. The van der Waals surface area contributed by atoms with Crippen LogP contribution in [0.4, 0.5) is 0 Å². The molecular weight excluding hydrogens is 410 g/mol. The summed E-state index contributed by atoms with van der Waals surface area (Å²) in [5, 5.41) is 4.78. The van der Waals surface area contributed by atoms with Gasteiger partial charge in [-0.3, -0.25) is 0 Å². The van der Waals surface area contributed by atoms with Crippen molar-refractivity contribution in [2.75, 3.05) is 14.2 Å². The van der Waals surface area contributed by atoms with Crippen molar-refractivity contribution in [3.05, 3.63) is 65.1 Å². The predicted molar refractivity (Wildman–Crippen MR) is 109 cm³/mol. The number of ether oxygens (including phenoxy) is 3. The van der Waals surface area contributed by atoms with Crippen LogP contribution in [0.5, 0.6) is 11.5 Å². The van der Waals surface area contributed by atoms with Gasteiger partial charge in [-0.05, 0) is 24.3 Å². The van der Waals surface area contributed by atoms with Crippen molar-refractivity contribution in [1.29, 1.82) is 0 Å². The zero-order valence-corrected chi connectivity index (χ0v) is 16.8. The van der Waals surface area contributed by atoms with E-state index in [1.54, 1.807) is 43.5 Å². The number of halogens is 1. The van der Waals surface area contributed by atoms with E-state index in [0.717, 1.165) is 0 Å². The van der Waals surface area contributed by atoms with Crippen molar-refractivity contribution in [3.63, 3.8) is 0 Å². The number of rotatable bonds is 6. The van der Waals surface area contributed by atoms with Crippen LogP contribution in [0.1, 0.15) is 16.2 Å². The topological polar surface area (TPSA) is 96.6 Å². The molecule has 4 rings (SSSR count). The summed E-state index contributed by atoms with van der Waals surface area (Å²) in [6.45, 7) is -0.196. The minimum absolute atomic E-state index is 0.140. The normalized spacial score (nSPS) is 10.8. The number of fused-ring (bicyclic) bond motifs is 1. The Morgan fingerprint density at radius 1 is 1.07 bits per heavy atom. The molecule has 2 aromatic heterocycles. The molecule has 2 aromatic carbocycles. The summed E-state index contributed by atoms with van der Waals surface area (Å²) in [6.07, 6.45) is 0. The van der Waals surface area contributed by atoms with Crippen LogP contribution in [0, 0.1) is 0 Å². The molecule has 0 unspecified atom stereocenters. The zero-order chi connectivity index (χ0) is 21.1. The van der Waals surface area contributed by atoms with Crippen LogP contribution in [0.3, 0.4) is 0 Å². The lowest BCUT2D eigenvalue weighted by atomic mass is 10.1. The van der Waals surface area contributed by atoms with E-state index in [-0.39, 0.29) is 17.7 Å². The molecule has 0 fully saturated rings. The molecule has 0 bridgehead atoms. The van der Waals surface area contributed by atoms with Gasteiger partial charge in [0.1, 0.15) is 16.7 Å². The Labute approximate surface area is 176 Å². The maximum Gasteiger partial charge on any atom is 0.339 e. The molecule has 0 saturated carbocycles. The number of esters is 1. The summed E-state index contributed by atoms with van der Waals surface area (Å²) in [4.78, 5) is 21.1. The Kier molecular flexibility index (Phi) is 5.49. The lowest BCUT2D eigenvalue weighted by Crippen LogP contribution is -2.07. The van der Waals surface area contributed by atoms with E-state index < -0.39 is 5.97 Å². The smallest absolute Gasteiger partial charge is 0.339 e. The molecular formula is C21H16ClN3O5. The molecule has 0 aliphatic heterocycles. The minimum Gasteiger partial charge on any atom is -0.497 e. The van der Waals surface area contributed by atoms with E-state index in [1.807, 2.05) is 6.07 Å². The molecule has 9 heteroatoms. The number of hydrogen-bond acceptors (Lipinski definition) is 8. The average Bonchev–Trinajstić information content (AvgIpc) is 3.25. The lowest BCUT2D eigenvalue weighted by molar-refractivity contribution is 0.0432. The first kappa shape index (κ1) is 19.7. The number of aromatic nitrogens is 3. The van der Waals surface area contributed by atoms with Gasteiger partial charge in [0.05, 0.1) is 30.9 Å². The SMILES string of the molecule is COc1ccc(-c2noc(COC(=O)c3cc(Cl)nc4ccccc34)n2)c(OC)c1. The third-order valence-corrected chi connectivity index (χ3v) is 4.54. The minimum atomic E-state index is -0.572. The summed E-state index contributed by atoms with van der Waals surface area (Å²) in [5.74, 6) is 1.03. The Balaban J connectivity index is 1.53. The molecule has 152 valence electrons. The van der Waals surface area contributed by atoms with Crippen molar-refractivity contribution >= 4 is 28.5 Å². The highest BCUT2D eigenvalue weighted by molar-refractivity contribution is 6.30. The molecule has 0 N–H and O–H groups in total. The van der Waals surface area contributed by atoms with Gasteiger partial charge in [-0.25, -0.2) is 9.78 Å². The summed E-state index contributed by atoms with van der Waals surface area (Å²) in [5.41, 5.74) is 1.53. The van der Waals surface area contributed by atoms with Crippen LogP contribution in [0.15, 0.2) is 53.1 Å². The van der Waals surface area contributed by atoms with Gasteiger partial charge in [0.15, 0.2) is 6.61 Å². The van der Waals surface area contributed by atoms with Gasteiger partial charge in [-0.15, -0.1) is 0 Å². The van der Waals surface area contributed by atoms with Gasteiger partial charge in [-0.1, -0.05) is 35.0 Å². The summed E-state index contributed by atoms with van der Waals surface area (Å²) < 4.78 is 21.1. The Bertz CT molecular complexity index is 1220. The Morgan fingerprint density at radius 2 is 1.90 bits per heavy atom. The highest BCUT2D eigenvalue weighted by atomic mass is 35.5. The number of benzene rings is 2. The van der Waals surface area contributed by atoms with Crippen LogP contribution in [0.25, 0.3) is 22.3 Å². The third-order valence-electron chi connectivity index (χ3n) is 4.35. The van der Waals surface area contributed by atoms with Gasteiger partial charge in [0.25, 0.3) is 5.89 Å². The number of nitrogens with zero attached hydrogens (tertiary/aromatic N) is 3. The highest BCUT2D eigenvalue weighted by Gasteiger charge is 2.18. The third kappa shape index (κ3) is 3.90. The molecule has 0 atom stereocenters. The second-order valence-electron chi connectivity index (χ2n) is 6.16. The van der Waals surface area contributed by atoms with Crippen LogP contribution in [-0.2, 0) is 11.3 Å². The van der Waals surface area contributed by atoms with Crippen molar-refractivity contribution < 1.29 is 23.5 Å². The van der Waals surface area contributed by atoms with Crippen molar-refractivity contribution in [2.24, 2.45) is 0 Å². The first-order valence-electron chi connectivity index (χ1n) is 8.86. The van der Waals surface area contributed by atoms with Crippen LogP contribution < -0.4 is 9.47 Å². The highest BCUT2D eigenvalue weighted by Crippen LogP contribution is 2.31. The quantitative estimate of drug-likeness (QED) is 0.333. The van der Waals surface area contributed by atoms with Gasteiger partial charge in [0.2, 0.25) is 5.82 Å². The molecule has 8 nitrogen and oxygen atoms in total. The van der Waals surface area contributed by atoms with Gasteiger partial charge >= 0.3 is 5.97 Å². The molecule has 0 spiro atoms. The summed E-state index contributed by atoms with van der Waals surface area (Å²) in [6, 6.07) is 13.9. The molecule has 0 amide bonds. The van der Waals surface area contributed by atoms with E-state index in [0.29, 0.717) is 39.4 Å². The average molecular weight is 426 g/mol. The van der Waals surface area contributed by atoms with Crippen molar-refractivity contribution in [1.82, 2.24) is 15.1 Å². The fourth-order valence-corrected chi connectivity index (χ4v) is 3.12. The first-order valence-corrected chi connectivity index (χ1v) is 9.24. The van der Waals surface area contributed by atoms with Crippen LogP contribution in [-0.4, -0.2) is 35.3 Å². The van der Waals surface area contributed by atoms with E-state index in [9.17, 15) is 4.79 Å². The number of para-hydroxylation sites is 1. The zero-order valence-electron chi connectivity index (χ0n) is 16.1. The maximum atomic E-state index is 12.6. The van der Waals surface area contributed by atoms with Gasteiger partial charge in [0, 0.05) is 11.5 Å². The van der Waals surface area contributed by atoms with E-state index in [1.165, 1.54) is 13.2 Å². The molecule has 0 saturated heterocycles. The molecule has 2 heterocycles. The molecule has 30 heavy (non-hydrogen) atoms. The summed E-state index contributed by atoms with van der Waals surface area (Å²) in [7, 11) is 3.10. The lowest BCUT2D eigenvalue weighted by Gasteiger charge is -2.07. The summed E-state index contributed by atoms with van der Waals surface area (Å²) >= 11 is 6.03. The van der Waals surface area contributed by atoms with E-state index in [4.69, 9.17) is 30.3 Å². The van der Waals surface area contributed by atoms with E-state index in [2.05, 4.69) is 15.1 Å². The Morgan fingerprint density at radius 3 is 2.70 bits per heavy atom. The Hall–Kier alpha value is -3.65. The molecule has 0 aliphatic carbocycles. The van der Waals surface area contributed by atoms with Crippen LogP contribution in [0.2, 0.25) is 5.15 Å². The number of hydrogen-bond donors (Lipinski definition) is 0. The monoisotopic (exact) mass is 425 g/mol. The standard InChI is InChI=1S/C21H16ClN3O5/c1-27-12-7-8-14(17(9-12)28-2)20-24-19(30-25-20)11-29-21(26)15-10-18(22)23-16-6-4-3-5-13(15)16/h3-10H,11H2,1-2H3. The second kappa shape index (κ2) is 8.38. The van der Waals surface area contributed by atoms with Gasteiger partial charge < -0.3 is 18.7 Å². The van der Waals surface area contributed by atoms with Crippen LogP contribution >= 0.6 is 11.6 Å². The molecule has 0 radical (unpaired) electrons. The van der Waals surface area contributed by atoms with E-state index >= 15 is 0 Å². The first-order chi connectivity index (χ1) is 14.6. The van der Waals surface area contributed by atoms with Crippen molar-refractivity contribution in [3.8, 4) is 22.9 Å². The molecule has 0 aliphatic rings. The fraction of sp³-hybridized carbons (Fsp3) is 0.143. The molecule has 4 aromatic rings. The number of carbonyl (C=O) groups excluding carboxylic acids is 1. The predicted octanol–water partition coefficient (Wildman–Crippen LogP) is 4.31. The maximum absolute atomic E-state index is 12.6. The fourth-order valence-electron chi connectivity index (χ4n) is 2.92. The number of carbonyl (C=O) groups is 1. The van der Waals surface area contributed by atoms with Gasteiger partial charge in [-0.2, -0.15) is 4.98 Å². The number of methoxy groups -OCH3 is 2. The largest absolute Gasteiger partial charge is 0.497 e.